The number of fused-ring (bicyclic) bond motifs is 1. The van der Waals surface area contributed by atoms with E-state index < -0.39 is 0 Å². The molecule has 188 valence electrons. The van der Waals surface area contributed by atoms with Gasteiger partial charge < -0.3 is 19.5 Å². The van der Waals surface area contributed by atoms with E-state index in [1.165, 1.54) is 5.56 Å². The van der Waals surface area contributed by atoms with Crippen molar-refractivity contribution >= 4 is 16.9 Å². The van der Waals surface area contributed by atoms with Crippen molar-refractivity contribution < 1.29 is 19.0 Å². The second-order valence-corrected chi connectivity index (χ2v) is 8.68. The summed E-state index contributed by atoms with van der Waals surface area (Å²) in [6.45, 7) is 7.80. The van der Waals surface area contributed by atoms with E-state index in [4.69, 9.17) is 24.3 Å². The Morgan fingerprint density at radius 1 is 1.06 bits per heavy atom. The largest absolute Gasteiger partial charge is 0.497 e. The molecule has 4 rings (SSSR count). The lowest BCUT2D eigenvalue weighted by Gasteiger charge is -2.18. The van der Waals surface area contributed by atoms with Crippen molar-refractivity contribution in [3.8, 4) is 23.1 Å². The summed E-state index contributed by atoms with van der Waals surface area (Å²) in [7, 11) is 3.19. The van der Waals surface area contributed by atoms with Crippen LogP contribution >= 0.6 is 0 Å². The van der Waals surface area contributed by atoms with Crippen LogP contribution < -0.4 is 19.5 Å². The van der Waals surface area contributed by atoms with Crippen LogP contribution in [0.1, 0.15) is 42.3 Å². The van der Waals surface area contributed by atoms with E-state index in [0.717, 1.165) is 34.3 Å². The van der Waals surface area contributed by atoms with E-state index in [-0.39, 0.29) is 18.6 Å². The van der Waals surface area contributed by atoms with Crippen LogP contribution in [0.5, 0.6) is 17.4 Å². The van der Waals surface area contributed by atoms with Gasteiger partial charge in [-0.25, -0.2) is 4.68 Å². The first kappa shape index (κ1) is 25.0. The maximum Gasteiger partial charge on any atom is 0.258 e. The molecule has 8 heteroatoms. The van der Waals surface area contributed by atoms with Gasteiger partial charge in [0.1, 0.15) is 11.5 Å². The minimum Gasteiger partial charge on any atom is -0.497 e. The van der Waals surface area contributed by atoms with Crippen LogP contribution in [0.4, 0.5) is 0 Å². The van der Waals surface area contributed by atoms with E-state index >= 15 is 0 Å². The van der Waals surface area contributed by atoms with E-state index in [9.17, 15) is 4.79 Å². The Morgan fingerprint density at radius 2 is 1.81 bits per heavy atom. The zero-order valence-corrected chi connectivity index (χ0v) is 21.6. The molecule has 8 nitrogen and oxygen atoms in total. The lowest BCUT2D eigenvalue weighted by molar-refractivity contribution is -0.123. The van der Waals surface area contributed by atoms with Crippen LogP contribution in [0.2, 0.25) is 0 Å². The number of aryl methyl sites for hydroxylation is 3. The van der Waals surface area contributed by atoms with Crippen LogP contribution in [0.25, 0.3) is 16.7 Å². The first-order chi connectivity index (χ1) is 17.3. The van der Waals surface area contributed by atoms with Crippen molar-refractivity contribution in [2.45, 2.75) is 40.2 Å². The third-order valence-corrected chi connectivity index (χ3v) is 6.21. The second-order valence-electron chi connectivity index (χ2n) is 8.68. The predicted molar refractivity (Wildman–Crippen MR) is 139 cm³/mol. The maximum absolute atomic E-state index is 12.7. The number of methoxy groups -OCH3 is 2. The number of pyridine rings is 1. The van der Waals surface area contributed by atoms with Crippen LogP contribution in [0, 0.1) is 13.8 Å². The first-order valence-corrected chi connectivity index (χ1v) is 11.9. The molecule has 0 spiro atoms. The van der Waals surface area contributed by atoms with Crippen LogP contribution in [0.15, 0.2) is 48.5 Å². The summed E-state index contributed by atoms with van der Waals surface area (Å²) >= 11 is 0. The highest BCUT2D eigenvalue weighted by molar-refractivity contribution is 5.84. The van der Waals surface area contributed by atoms with Gasteiger partial charge in [-0.2, -0.15) is 10.1 Å². The SMILES string of the molecule is CCc1ccc(-n2nc(C)c3c(C)cc(OCC(=O)N[C@H](C)c4cc(OC)ccc4OC)nc32)cc1. The average molecular weight is 489 g/mol. The summed E-state index contributed by atoms with van der Waals surface area (Å²) in [5.74, 6) is 1.45. The third kappa shape index (κ3) is 5.12. The number of aromatic nitrogens is 3. The predicted octanol–water partition coefficient (Wildman–Crippen LogP) is 4.87. The van der Waals surface area contributed by atoms with E-state index in [0.29, 0.717) is 23.0 Å². The summed E-state index contributed by atoms with van der Waals surface area (Å²) in [5, 5.41) is 8.64. The molecule has 1 atom stereocenters. The molecule has 1 amide bonds. The standard InChI is InChI=1S/C28H32N4O4/c1-7-20-8-10-21(11-9-20)32-28-27(19(4)31-32)17(2)14-26(30-28)36-16-25(33)29-18(3)23-15-22(34-5)12-13-24(23)35-6/h8-15,18H,7,16H2,1-6H3,(H,29,33)/t18-/m1/s1. The number of nitrogens with zero attached hydrogens (tertiary/aromatic N) is 3. The molecule has 2 aromatic carbocycles. The Bertz CT molecular complexity index is 1380. The molecule has 0 bridgehead atoms. The summed E-state index contributed by atoms with van der Waals surface area (Å²) < 4.78 is 18.4. The number of ether oxygens (including phenoxy) is 3. The highest BCUT2D eigenvalue weighted by Gasteiger charge is 2.18. The molecule has 0 radical (unpaired) electrons. The molecule has 0 saturated heterocycles. The van der Waals surface area contributed by atoms with Crippen molar-refractivity contribution in [2.24, 2.45) is 0 Å². The molecular formula is C28H32N4O4. The fourth-order valence-corrected chi connectivity index (χ4v) is 4.28. The Morgan fingerprint density at radius 3 is 2.47 bits per heavy atom. The molecule has 2 aromatic heterocycles. The van der Waals surface area contributed by atoms with E-state index in [2.05, 4.69) is 24.4 Å². The Labute approximate surface area is 211 Å². The monoisotopic (exact) mass is 488 g/mol. The molecular weight excluding hydrogens is 456 g/mol. The number of hydrogen-bond acceptors (Lipinski definition) is 6. The zero-order chi connectivity index (χ0) is 25.8. The smallest absolute Gasteiger partial charge is 0.258 e. The Kier molecular flexibility index (Phi) is 7.43. The molecule has 36 heavy (non-hydrogen) atoms. The van der Waals surface area contributed by atoms with E-state index in [1.807, 2.05) is 61.9 Å². The average Bonchev–Trinajstić information content (AvgIpc) is 3.23. The Hall–Kier alpha value is -4.07. The van der Waals surface area contributed by atoms with Gasteiger partial charge in [0.15, 0.2) is 12.3 Å². The number of nitrogens with one attached hydrogen (secondary N) is 1. The van der Waals surface area contributed by atoms with Crippen molar-refractivity contribution in [3.05, 3.63) is 70.9 Å². The number of amides is 1. The van der Waals surface area contributed by atoms with Gasteiger partial charge in [0.05, 0.1) is 31.6 Å². The fraction of sp³-hybridized carbons (Fsp3) is 0.321. The number of hydrogen-bond donors (Lipinski definition) is 1. The normalized spacial score (nSPS) is 11.8. The maximum atomic E-state index is 12.7. The molecule has 0 unspecified atom stereocenters. The van der Waals surface area contributed by atoms with Crippen molar-refractivity contribution in [3.63, 3.8) is 0 Å². The highest BCUT2D eigenvalue weighted by Crippen LogP contribution is 2.30. The summed E-state index contributed by atoms with van der Waals surface area (Å²) in [5.41, 5.74) is 5.56. The topological polar surface area (TPSA) is 87.5 Å². The Balaban J connectivity index is 1.52. The van der Waals surface area contributed by atoms with Crippen molar-refractivity contribution in [2.75, 3.05) is 20.8 Å². The number of benzene rings is 2. The van der Waals surface area contributed by atoms with E-state index in [1.54, 1.807) is 14.2 Å². The van der Waals surface area contributed by atoms with Crippen molar-refractivity contribution in [1.29, 1.82) is 0 Å². The van der Waals surface area contributed by atoms with Gasteiger partial charge in [-0.1, -0.05) is 19.1 Å². The van der Waals surface area contributed by atoms with Crippen LogP contribution in [0.3, 0.4) is 0 Å². The van der Waals surface area contributed by atoms with Gasteiger partial charge in [-0.15, -0.1) is 0 Å². The molecule has 4 aromatic rings. The summed E-state index contributed by atoms with van der Waals surface area (Å²) in [4.78, 5) is 17.4. The number of carbonyl (C=O) groups is 1. The molecule has 2 heterocycles. The van der Waals surface area contributed by atoms with Crippen LogP contribution in [-0.2, 0) is 11.2 Å². The van der Waals surface area contributed by atoms with Gasteiger partial charge in [-0.3, -0.25) is 4.79 Å². The van der Waals surface area contributed by atoms with Gasteiger partial charge in [0.2, 0.25) is 5.88 Å². The fourth-order valence-electron chi connectivity index (χ4n) is 4.28. The number of carbonyl (C=O) groups excluding carboxylic acids is 1. The molecule has 0 saturated carbocycles. The minimum atomic E-state index is -0.307. The number of rotatable bonds is 9. The summed E-state index contributed by atoms with van der Waals surface area (Å²) in [6, 6.07) is 15.3. The second kappa shape index (κ2) is 10.7. The summed E-state index contributed by atoms with van der Waals surface area (Å²) in [6.07, 6.45) is 0.972. The van der Waals surface area contributed by atoms with Gasteiger partial charge in [0, 0.05) is 17.0 Å². The molecule has 0 aliphatic carbocycles. The first-order valence-electron chi connectivity index (χ1n) is 11.9. The molecule has 1 N–H and O–H groups in total. The quantitative estimate of drug-likeness (QED) is 0.362. The van der Waals surface area contributed by atoms with Gasteiger partial charge >= 0.3 is 0 Å². The van der Waals surface area contributed by atoms with Gasteiger partial charge in [-0.05, 0) is 68.7 Å². The highest BCUT2D eigenvalue weighted by atomic mass is 16.5. The van der Waals surface area contributed by atoms with Gasteiger partial charge in [0.25, 0.3) is 5.91 Å². The lowest BCUT2D eigenvalue weighted by atomic mass is 10.1. The molecule has 0 aliphatic rings. The zero-order valence-electron chi connectivity index (χ0n) is 21.6. The molecule has 0 aliphatic heterocycles. The van der Waals surface area contributed by atoms with Crippen LogP contribution in [-0.4, -0.2) is 41.5 Å². The third-order valence-electron chi connectivity index (χ3n) is 6.21. The minimum absolute atomic E-state index is 0.174. The molecule has 0 fully saturated rings. The van der Waals surface area contributed by atoms with Crippen molar-refractivity contribution in [1.82, 2.24) is 20.1 Å². The lowest BCUT2D eigenvalue weighted by Crippen LogP contribution is -2.31.